The zero-order valence-electron chi connectivity index (χ0n) is 16.7. The van der Waals surface area contributed by atoms with Crippen molar-refractivity contribution in [3.63, 3.8) is 0 Å². The molecule has 1 aliphatic heterocycles. The van der Waals surface area contributed by atoms with Crippen LogP contribution in [0.1, 0.15) is 22.5 Å². The SMILES string of the molecule is CNC1C=CCC2CN(c3cc4c(cc3F)c(=O)c(C(=O)O)c3scc(C)n34)CC21. The summed E-state index contributed by atoms with van der Waals surface area (Å²) in [5, 5.41) is 14.8. The van der Waals surface area contributed by atoms with E-state index in [4.69, 9.17) is 0 Å². The van der Waals surface area contributed by atoms with Gasteiger partial charge in [-0.3, -0.25) is 4.79 Å². The van der Waals surface area contributed by atoms with Crippen molar-refractivity contribution in [1.82, 2.24) is 9.72 Å². The molecular formula is C22H22FN3O3S. The van der Waals surface area contributed by atoms with Crippen LogP contribution in [0.2, 0.25) is 0 Å². The lowest BCUT2D eigenvalue weighted by Crippen LogP contribution is -2.38. The van der Waals surface area contributed by atoms with Crippen molar-refractivity contribution in [3.05, 3.63) is 57.0 Å². The molecule has 30 heavy (non-hydrogen) atoms. The third kappa shape index (κ3) is 2.70. The lowest BCUT2D eigenvalue weighted by Gasteiger charge is -2.28. The van der Waals surface area contributed by atoms with E-state index < -0.39 is 17.2 Å². The molecule has 1 aromatic carbocycles. The van der Waals surface area contributed by atoms with Gasteiger partial charge in [0.25, 0.3) is 0 Å². The zero-order valence-corrected chi connectivity index (χ0v) is 17.5. The van der Waals surface area contributed by atoms with Gasteiger partial charge in [0.15, 0.2) is 0 Å². The van der Waals surface area contributed by atoms with E-state index in [-0.39, 0.29) is 17.0 Å². The van der Waals surface area contributed by atoms with Gasteiger partial charge < -0.3 is 19.7 Å². The van der Waals surface area contributed by atoms with Crippen LogP contribution in [-0.4, -0.2) is 41.7 Å². The fourth-order valence-corrected chi connectivity index (χ4v) is 6.09. The molecule has 0 amide bonds. The summed E-state index contributed by atoms with van der Waals surface area (Å²) >= 11 is 1.22. The Morgan fingerprint density at radius 1 is 1.33 bits per heavy atom. The third-order valence-corrected chi connectivity index (χ3v) is 7.58. The first-order chi connectivity index (χ1) is 14.4. The van der Waals surface area contributed by atoms with Gasteiger partial charge in [0, 0.05) is 36.1 Å². The van der Waals surface area contributed by atoms with Gasteiger partial charge in [-0.25, -0.2) is 9.18 Å². The monoisotopic (exact) mass is 427 g/mol. The van der Waals surface area contributed by atoms with E-state index in [1.807, 2.05) is 19.4 Å². The predicted octanol–water partition coefficient (Wildman–Crippen LogP) is 3.26. The molecule has 3 heterocycles. The molecule has 3 unspecified atom stereocenters. The van der Waals surface area contributed by atoms with E-state index in [1.165, 1.54) is 17.4 Å². The standard InChI is InChI=1S/C22H22FN3O3S/c1-11-10-30-21-19(22(28)29)20(27)13-6-15(23)18(7-17(13)26(11)21)25-8-12-4-3-5-16(24-2)14(12)9-25/h3,5-7,10,12,14,16,24H,4,8-9H2,1-2H3,(H,28,29). The van der Waals surface area contributed by atoms with Crippen LogP contribution in [0.15, 0.2) is 34.5 Å². The van der Waals surface area contributed by atoms with Crippen molar-refractivity contribution in [3.8, 4) is 0 Å². The smallest absolute Gasteiger partial charge is 0.342 e. The Balaban J connectivity index is 1.69. The number of nitrogens with zero attached hydrogens (tertiary/aromatic N) is 2. The van der Waals surface area contributed by atoms with Crippen molar-refractivity contribution in [2.45, 2.75) is 19.4 Å². The number of fused-ring (bicyclic) bond motifs is 4. The highest BCUT2D eigenvalue weighted by molar-refractivity contribution is 7.16. The Hall–Kier alpha value is -2.71. The van der Waals surface area contributed by atoms with E-state index in [2.05, 4.69) is 22.4 Å². The Morgan fingerprint density at radius 3 is 2.87 bits per heavy atom. The number of hydrogen-bond donors (Lipinski definition) is 2. The van der Waals surface area contributed by atoms with E-state index >= 15 is 4.39 Å². The van der Waals surface area contributed by atoms with Crippen molar-refractivity contribution >= 4 is 38.7 Å². The summed E-state index contributed by atoms with van der Waals surface area (Å²) in [6.45, 7) is 3.34. The summed E-state index contributed by atoms with van der Waals surface area (Å²) in [6.07, 6.45) is 5.35. The molecule has 0 radical (unpaired) electrons. The Labute approximate surface area is 176 Å². The molecule has 2 N–H and O–H groups in total. The minimum absolute atomic E-state index is 0.0963. The minimum Gasteiger partial charge on any atom is -0.477 e. The number of carbonyl (C=O) groups is 1. The average Bonchev–Trinajstić information content (AvgIpc) is 3.31. The van der Waals surface area contributed by atoms with Crippen LogP contribution in [0.25, 0.3) is 15.7 Å². The molecular weight excluding hydrogens is 405 g/mol. The Bertz CT molecular complexity index is 1280. The highest BCUT2D eigenvalue weighted by atomic mass is 32.1. The second-order valence-corrected chi connectivity index (χ2v) is 9.01. The summed E-state index contributed by atoms with van der Waals surface area (Å²) < 4.78 is 17.0. The van der Waals surface area contributed by atoms with Gasteiger partial charge in [-0.1, -0.05) is 12.2 Å². The lowest BCUT2D eigenvalue weighted by atomic mass is 9.82. The molecule has 6 nitrogen and oxygen atoms in total. The number of carboxylic acids is 1. The number of aromatic carboxylic acids is 1. The van der Waals surface area contributed by atoms with Gasteiger partial charge in [0.05, 0.1) is 16.6 Å². The fourth-order valence-electron chi connectivity index (χ4n) is 5.06. The molecule has 8 heteroatoms. The summed E-state index contributed by atoms with van der Waals surface area (Å²) in [7, 11) is 1.94. The molecule has 1 saturated heterocycles. The van der Waals surface area contributed by atoms with Crippen LogP contribution in [0.3, 0.4) is 0 Å². The molecule has 5 rings (SSSR count). The predicted molar refractivity (Wildman–Crippen MR) is 117 cm³/mol. The van der Waals surface area contributed by atoms with E-state index in [0.29, 0.717) is 27.9 Å². The van der Waals surface area contributed by atoms with Crippen molar-refractivity contribution < 1.29 is 14.3 Å². The molecule has 0 spiro atoms. The molecule has 2 aromatic heterocycles. The summed E-state index contributed by atoms with van der Waals surface area (Å²) in [5.41, 5.74) is 0.888. The van der Waals surface area contributed by atoms with E-state index in [9.17, 15) is 14.7 Å². The second kappa shape index (κ2) is 6.92. The third-order valence-electron chi connectivity index (χ3n) is 6.51. The van der Waals surface area contributed by atoms with Gasteiger partial charge >= 0.3 is 5.97 Å². The highest BCUT2D eigenvalue weighted by Gasteiger charge is 2.38. The first kappa shape index (κ1) is 19.3. The van der Waals surface area contributed by atoms with E-state index in [1.54, 1.807) is 10.5 Å². The number of hydrogen-bond acceptors (Lipinski definition) is 5. The molecule has 0 bridgehead atoms. The average molecular weight is 428 g/mol. The Morgan fingerprint density at radius 2 is 2.13 bits per heavy atom. The first-order valence-corrected chi connectivity index (χ1v) is 10.9. The maximum atomic E-state index is 15.2. The summed E-state index contributed by atoms with van der Waals surface area (Å²) in [4.78, 5) is 27.1. The summed E-state index contributed by atoms with van der Waals surface area (Å²) in [6, 6.07) is 3.19. The molecule has 156 valence electrons. The fraction of sp³-hybridized carbons (Fsp3) is 0.364. The number of allylic oxidation sites excluding steroid dienone is 1. The molecule has 3 aromatic rings. The van der Waals surface area contributed by atoms with Crippen LogP contribution in [0.4, 0.5) is 10.1 Å². The molecule has 1 fully saturated rings. The first-order valence-electron chi connectivity index (χ1n) is 9.99. The number of pyridine rings is 1. The van der Waals surface area contributed by atoms with Crippen LogP contribution >= 0.6 is 11.3 Å². The normalized spacial score (nSPS) is 23.4. The number of benzene rings is 1. The number of thiazole rings is 1. The molecule has 0 saturated carbocycles. The summed E-state index contributed by atoms with van der Waals surface area (Å²) in [5.74, 6) is -0.936. The number of aromatic nitrogens is 1. The number of carboxylic acid groups (broad SMARTS) is 1. The number of anilines is 1. The number of rotatable bonds is 3. The number of likely N-dealkylation sites (N-methyl/N-ethyl adjacent to an activating group) is 1. The van der Waals surface area contributed by atoms with Crippen LogP contribution in [-0.2, 0) is 0 Å². The maximum absolute atomic E-state index is 15.2. The quantitative estimate of drug-likeness (QED) is 0.628. The molecule has 1 aliphatic carbocycles. The van der Waals surface area contributed by atoms with Gasteiger partial charge in [-0.05, 0) is 38.4 Å². The Kier molecular flexibility index (Phi) is 4.44. The van der Waals surface area contributed by atoms with Crippen molar-refractivity contribution in [2.75, 3.05) is 25.0 Å². The topological polar surface area (TPSA) is 74.0 Å². The van der Waals surface area contributed by atoms with Gasteiger partial charge in [-0.15, -0.1) is 11.3 Å². The van der Waals surface area contributed by atoms with Crippen LogP contribution < -0.4 is 15.6 Å². The lowest BCUT2D eigenvalue weighted by molar-refractivity contribution is 0.0697. The van der Waals surface area contributed by atoms with Gasteiger partial charge in [0.2, 0.25) is 5.43 Å². The van der Waals surface area contributed by atoms with Crippen LogP contribution in [0.5, 0.6) is 0 Å². The minimum atomic E-state index is -1.29. The van der Waals surface area contributed by atoms with Gasteiger partial charge in [-0.2, -0.15) is 0 Å². The number of aryl methyl sites for hydroxylation is 1. The number of halogens is 1. The van der Waals surface area contributed by atoms with Crippen molar-refractivity contribution in [1.29, 1.82) is 0 Å². The largest absolute Gasteiger partial charge is 0.477 e. The molecule has 2 aliphatic rings. The van der Waals surface area contributed by atoms with Gasteiger partial charge in [0.1, 0.15) is 16.2 Å². The highest BCUT2D eigenvalue weighted by Crippen LogP contribution is 2.38. The zero-order chi connectivity index (χ0) is 21.2. The van der Waals surface area contributed by atoms with E-state index in [0.717, 1.165) is 25.2 Å². The number of nitrogens with one attached hydrogen (secondary N) is 1. The molecule has 3 atom stereocenters. The van der Waals surface area contributed by atoms with Crippen molar-refractivity contribution in [2.24, 2.45) is 11.8 Å². The maximum Gasteiger partial charge on any atom is 0.342 e. The van der Waals surface area contributed by atoms with Crippen LogP contribution in [0, 0.1) is 24.6 Å². The second-order valence-electron chi connectivity index (χ2n) is 8.15.